The van der Waals surface area contributed by atoms with Crippen LogP contribution < -0.4 is 15.0 Å². The van der Waals surface area contributed by atoms with E-state index in [2.05, 4.69) is 10.2 Å². The molecule has 0 spiro atoms. The number of carbonyl (C=O) groups is 1. The third-order valence-corrected chi connectivity index (χ3v) is 4.29. The lowest BCUT2D eigenvalue weighted by atomic mass is 10.1. The molecule has 1 aliphatic heterocycles. The molecule has 25 heavy (non-hydrogen) atoms. The van der Waals surface area contributed by atoms with Gasteiger partial charge in [-0.25, -0.2) is 4.39 Å². The fourth-order valence-electron chi connectivity index (χ4n) is 3.03. The summed E-state index contributed by atoms with van der Waals surface area (Å²) in [6.45, 7) is 4.48. The minimum Gasteiger partial charge on any atom is -0.494 e. The van der Waals surface area contributed by atoms with Crippen LogP contribution in [0.1, 0.15) is 25.3 Å². The zero-order chi connectivity index (χ0) is 17.6. The summed E-state index contributed by atoms with van der Waals surface area (Å²) in [5.41, 5.74) is 2.05. The summed E-state index contributed by atoms with van der Waals surface area (Å²) < 4.78 is 19.4. The number of benzene rings is 2. The summed E-state index contributed by atoms with van der Waals surface area (Å²) in [4.78, 5) is 14.5. The Hall–Kier alpha value is -2.56. The van der Waals surface area contributed by atoms with E-state index in [-0.39, 0.29) is 18.0 Å². The fourth-order valence-corrected chi connectivity index (χ4v) is 3.03. The second-order valence-electron chi connectivity index (χ2n) is 6.16. The molecule has 1 saturated heterocycles. The fraction of sp³-hybridized carbons (Fsp3) is 0.350. The Morgan fingerprint density at radius 3 is 2.56 bits per heavy atom. The molecule has 0 radical (unpaired) electrons. The first kappa shape index (κ1) is 17.3. The van der Waals surface area contributed by atoms with Gasteiger partial charge in [-0.2, -0.15) is 0 Å². The standard InChI is InChI=1S/C20H23FN2O2/c1-2-25-17-8-5-15(6-9-17)13-20(24)22-19-14-16(7-10-18(19)21)23-11-3-4-12-23/h5-10,14H,2-4,11-13H2,1H3,(H,22,24). The van der Waals surface area contributed by atoms with Crippen LogP contribution in [0.3, 0.4) is 0 Å². The lowest BCUT2D eigenvalue weighted by molar-refractivity contribution is -0.115. The van der Waals surface area contributed by atoms with Crippen molar-refractivity contribution in [3.63, 3.8) is 0 Å². The molecule has 0 unspecified atom stereocenters. The highest BCUT2D eigenvalue weighted by Gasteiger charge is 2.15. The third kappa shape index (κ3) is 4.50. The zero-order valence-corrected chi connectivity index (χ0v) is 14.4. The third-order valence-electron chi connectivity index (χ3n) is 4.29. The van der Waals surface area contributed by atoms with Crippen LogP contribution in [0.4, 0.5) is 15.8 Å². The van der Waals surface area contributed by atoms with Crippen LogP contribution >= 0.6 is 0 Å². The molecule has 1 heterocycles. The monoisotopic (exact) mass is 342 g/mol. The van der Waals surface area contributed by atoms with Crippen LogP contribution in [-0.2, 0) is 11.2 Å². The predicted octanol–water partition coefficient (Wildman–Crippen LogP) is 4.01. The number of hydrogen-bond acceptors (Lipinski definition) is 3. The molecule has 1 N–H and O–H groups in total. The van der Waals surface area contributed by atoms with Gasteiger partial charge >= 0.3 is 0 Å². The van der Waals surface area contributed by atoms with E-state index in [4.69, 9.17) is 4.74 Å². The number of ether oxygens (including phenoxy) is 1. The van der Waals surface area contributed by atoms with Crippen LogP contribution in [0.5, 0.6) is 5.75 Å². The van der Waals surface area contributed by atoms with E-state index in [0.717, 1.165) is 42.9 Å². The van der Waals surface area contributed by atoms with Gasteiger partial charge in [0.05, 0.1) is 18.7 Å². The number of hydrogen-bond donors (Lipinski definition) is 1. The number of anilines is 2. The van der Waals surface area contributed by atoms with Crippen molar-refractivity contribution in [2.75, 3.05) is 29.9 Å². The van der Waals surface area contributed by atoms with Gasteiger partial charge in [0, 0.05) is 18.8 Å². The van der Waals surface area contributed by atoms with E-state index in [1.54, 1.807) is 12.1 Å². The molecule has 0 bridgehead atoms. The molecule has 5 heteroatoms. The first-order chi connectivity index (χ1) is 12.2. The number of halogens is 1. The summed E-state index contributed by atoms with van der Waals surface area (Å²) in [6, 6.07) is 12.3. The number of carbonyl (C=O) groups excluding carboxylic acids is 1. The van der Waals surface area contributed by atoms with Crippen molar-refractivity contribution in [2.24, 2.45) is 0 Å². The van der Waals surface area contributed by atoms with Crippen LogP contribution in [0, 0.1) is 5.82 Å². The van der Waals surface area contributed by atoms with Gasteiger partial charge < -0.3 is 15.0 Å². The van der Waals surface area contributed by atoms with Gasteiger partial charge in [-0.1, -0.05) is 12.1 Å². The van der Waals surface area contributed by atoms with Crippen molar-refractivity contribution in [2.45, 2.75) is 26.2 Å². The maximum Gasteiger partial charge on any atom is 0.228 e. The predicted molar refractivity (Wildman–Crippen MR) is 97.8 cm³/mol. The molecular weight excluding hydrogens is 319 g/mol. The molecule has 3 rings (SSSR count). The smallest absolute Gasteiger partial charge is 0.228 e. The molecule has 1 aliphatic rings. The highest BCUT2D eigenvalue weighted by atomic mass is 19.1. The Balaban J connectivity index is 1.64. The van der Waals surface area contributed by atoms with Crippen LogP contribution in [-0.4, -0.2) is 25.6 Å². The first-order valence-corrected chi connectivity index (χ1v) is 8.72. The highest BCUT2D eigenvalue weighted by molar-refractivity contribution is 5.92. The second-order valence-corrected chi connectivity index (χ2v) is 6.16. The maximum atomic E-state index is 14.0. The van der Waals surface area contributed by atoms with E-state index in [9.17, 15) is 9.18 Å². The first-order valence-electron chi connectivity index (χ1n) is 8.72. The van der Waals surface area contributed by atoms with Crippen LogP contribution in [0.2, 0.25) is 0 Å². The van der Waals surface area contributed by atoms with Crippen LogP contribution in [0.15, 0.2) is 42.5 Å². The van der Waals surface area contributed by atoms with Crippen LogP contribution in [0.25, 0.3) is 0 Å². The number of nitrogens with one attached hydrogen (secondary N) is 1. The number of nitrogens with zero attached hydrogens (tertiary/aromatic N) is 1. The summed E-state index contributed by atoms with van der Waals surface area (Å²) >= 11 is 0. The zero-order valence-electron chi connectivity index (χ0n) is 14.4. The van der Waals surface area contributed by atoms with E-state index < -0.39 is 5.82 Å². The lowest BCUT2D eigenvalue weighted by Gasteiger charge is -2.19. The Morgan fingerprint density at radius 2 is 1.88 bits per heavy atom. The van der Waals surface area contributed by atoms with Gasteiger partial charge in [-0.05, 0) is 55.7 Å². The van der Waals surface area contributed by atoms with Gasteiger partial charge in [-0.3, -0.25) is 4.79 Å². The Kier molecular flexibility index (Phi) is 5.53. The molecule has 0 atom stereocenters. The van der Waals surface area contributed by atoms with Gasteiger partial charge in [0.25, 0.3) is 0 Å². The minimum atomic E-state index is -0.414. The molecule has 1 fully saturated rings. The Labute approximate surface area is 147 Å². The van der Waals surface area contributed by atoms with Crippen molar-refractivity contribution in [1.82, 2.24) is 0 Å². The number of rotatable bonds is 6. The van der Waals surface area contributed by atoms with Crippen molar-refractivity contribution >= 4 is 17.3 Å². The summed E-state index contributed by atoms with van der Waals surface area (Å²) in [7, 11) is 0. The van der Waals surface area contributed by atoms with Crippen molar-refractivity contribution in [3.8, 4) is 5.75 Å². The molecule has 4 nitrogen and oxygen atoms in total. The van der Waals surface area contributed by atoms with E-state index >= 15 is 0 Å². The van der Waals surface area contributed by atoms with E-state index in [1.807, 2.05) is 31.2 Å². The largest absolute Gasteiger partial charge is 0.494 e. The molecule has 1 amide bonds. The molecule has 2 aromatic carbocycles. The average Bonchev–Trinajstić information content (AvgIpc) is 3.13. The normalized spacial score (nSPS) is 13.8. The van der Waals surface area contributed by atoms with Gasteiger partial charge in [0.2, 0.25) is 5.91 Å². The molecule has 0 aliphatic carbocycles. The molecule has 132 valence electrons. The minimum absolute atomic E-state index is 0.194. The molecular formula is C20H23FN2O2. The van der Waals surface area contributed by atoms with Gasteiger partial charge in [-0.15, -0.1) is 0 Å². The second kappa shape index (κ2) is 8.01. The molecule has 0 saturated carbocycles. The SMILES string of the molecule is CCOc1ccc(CC(=O)Nc2cc(N3CCCC3)ccc2F)cc1. The van der Waals surface area contributed by atoms with E-state index in [1.165, 1.54) is 6.07 Å². The van der Waals surface area contributed by atoms with Crippen molar-refractivity contribution in [3.05, 3.63) is 53.8 Å². The highest BCUT2D eigenvalue weighted by Crippen LogP contribution is 2.26. The average molecular weight is 342 g/mol. The topological polar surface area (TPSA) is 41.6 Å². The van der Waals surface area contributed by atoms with Gasteiger partial charge in [0.1, 0.15) is 11.6 Å². The van der Waals surface area contributed by atoms with E-state index in [0.29, 0.717) is 6.61 Å². The summed E-state index contributed by atoms with van der Waals surface area (Å²) in [6.07, 6.45) is 2.49. The van der Waals surface area contributed by atoms with Crippen molar-refractivity contribution < 1.29 is 13.9 Å². The number of amides is 1. The lowest BCUT2D eigenvalue weighted by Crippen LogP contribution is -2.19. The maximum absolute atomic E-state index is 14.0. The quantitative estimate of drug-likeness (QED) is 0.862. The summed E-state index contributed by atoms with van der Waals surface area (Å²) in [5.74, 6) is 0.126. The molecule has 2 aromatic rings. The Bertz CT molecular complexity index is 725. The Morgan fingerprint density at radius 1 is 1.16 bits per heavy atom. The van der Waals surface area contributed by atoms with Gasteiger partial charge in [0.15, 0.2) is 0 Å². The molecule has 0 aromatic heterocycles. The summed E-state index contributed by atoms with van der Waals surface area (Å²) in [5, 5.41) is 2.69. The van der Waals surface area contributed by atoms with Crippen molar-refractivity contribution in [1.29, 1.82) is 0 Å².